The minimum Gasteiger partial charge on any atom is -0.482 e. The van der Waals surface area contributed by atoms with Gasteiger partial charge in [-0.2, -0.15) is 0 Å². The Kier molecular flexibility index (Phi) is 3.58. The standard InChI is InChI=1S/C9H10ClNO2/c1-11-9(12)6-13-8-5-3-2-4-7(8)10/h2-5H,6H2,1H3,(H,11,12). The highest BCUT2D eigenvalue weighted by Crippen LogP contribution is 2.22. The van der Waals surface area contributed by atoms with E-state index < -0.39 is 0 Å². The summed E-state index contributed by atoms with van der Waals surface area (Å²) >= 11 is 5.79. The molecule has 1 rings (SSSR count). The number of hydrogen-bond donors (Lipinski definition) is 1. The fraction of sp³-hybridized carbons (Fsp3) is 0.222. The highest BCUT2D eigenvalue weighted by molar-refractivity contribution is 6.32. The third kappa shape index (κ3) is 2.95. The molecule has 70 valence electrons. The summed E-state index contributed by atoms with van der Waals surface area (Å²) in [5.74, 6) is 0.340. The van der Waals surface area contributed by atoms with Gasteiger partial charge in [-0.25, -0.2) is 0 Å². The van der Waals surface area contributed by atoms with Crippen molar-refractivity contribution in [3.63, 3.8) is 0 Å². The molecular formula is C9H10ClNO2. The predicted molar refractivity (Wildman–Crippen MR) is 51.0 cm³/mol. The number of carbonyl (C=O) groups is 1. The van der Waals surface area contributed by atoms with Gasteiger partial charge in [-0.15, -0.1) is 0 Å². The lowest BCUT2D eigenvalue weighted by molar-refractivity contribution is -0.122. The van der Waals surface area contributed by atoms with E-state index >= 15 is 0 Å². The van der Waals surface area contributed by atoms with Crippen LogP contribution in [0.25, 0.3) is 0 Å². The fourth-order valence-electron chi connectivity index (χ4n) is 0.777. The van der Waals surface area contributed by atoms with E-state index in [9.17, 15) is 4.79 Å². The molecule has 0 heterocycles. The minimum atomic E-state index is -0.181. The average molecular weight is 200 g/mol. The Balaban J connectivity index is 2.54. The number of para-hydroxylation sites is 1. The summed E-state index contributed by atoms with van der Waals surface area (Å²) in [6.45, 7) is -0.0137. The zero-order valence-corrected chi connectivity index (χ0v) is 7.97. The largest absolute Gasteiger partial charge is 0.482 e. The molecule has 0 aliphatic heterocycles. The summed E-state index contributed by atoms with van der Waals surface area (Å²) in [5, 5.41) is 2.95. The molecule has 1 aromatic carbocycles. The van der Waals surface area contributed by atoms with Crippen LogP contribution in [0.2, 0.25) is 5.02 Å². The number of carbonyl (C=O) groups excluding carboxylic acids is 1. The zero-order valence-electron chi connectivity index (χ0n) is 7.21. The number of hydrogen-bond acceptors (Lipinski definition) is 2. The predicted octanol–water partition coefficient (Wildman–Crippen LogP) is 1.46. The molecule has 0 fully saturated rings. The average Bonchev–Trinajstić information content (AvgIpc) is 2.16. The number of halogens is 1. The number of nitrogens with one attached hydrogen (secondary N) is 1. The van der Waals surface area contributed by atoms with E-state index in [-0.39, 0.29) is 12.5 Å². The Bertz CT molecular complexity index is 301. The molecule has 0 aromatic heterocycles. The molecule has 4 heteroatoms. The molecule has 0 bridgehead atoms. The van der Waals surface area contributed by atoms with Gasteiger partial charge in [0, 0.05) is 7.05 Å². The molecule has 0 unspecified atom stereocenters. The molecular weight excluding hydrogens is 190 g/mol. The van der Waals surface area contributed by atoms with E-state index in [1.807, 2.05) is 0 Å². The van der Waals surface area contributed by atoms with Crippen molar-refractivity contribution in [2.75, 3.05) is 13.7 Å². The summed E-state index contributed by atoms with van der Waals surface area (Å²) in [4.78, 5) is 10.8. The van der Waals surface area contributed by atoms with E-state index in [2.05, 4.69) is 5.32 Å². The molecule has 13 heavy (non-hydrogen) atoms. The second kappa shape index (κ2) is 4.72. The molecule has 1 aromatic rings. The quantitative estimate of drug-likeness (QED) is 0.801. The van der Waals surface area contributed by atoms with Crippen LogP contribution in [0.5, 0.6) is 5.75 Å². The van der Waals surface area contributed by atoms with Crippen molar-refractivity contribution in [2.45, 2.75) is 0 Å². The van der Waals surface area contributed by atoms with E-state index in [0.717, 1.165) is 0 Å². The van der Waals surface area contributed by atoms with Gasteiger partial charge in [0.05, 0.1) is 5.02 Å². The number of benzene rings is 1. The molecule has 0 spiro atoms. The first-order valence-corrected chi connectivity index (χ1v) is 4.19. The maximum Gasteiger partial charge on any atom is 0.257 e. The maximum absolute atomic E-state index is 10.8. The van der Waals surface area contributed by atoms with Crippen molar-refractivity contribution in [3.05, 3.63) is 29.3 Å². The molecule has 3 nitrogen and oxygen atoms in total. The molecule has 0 aliphatic rings. The second-order valence-corrected chi connectivity index (χ2v) is 2.80. The Hall–Kier alpha value is -1.22. The van der Waals surface area contributed by atoms with E-state index in [1.54, 1.807) is 31.3 Å². The Morgan fingerprint density at radius 3 is 2.85 bits per heavy atom. The fourth-order valence-corrected chi connectivity index (χ4v) is 0.968. The van der Waals surface area contributed by atoms with Crippen LogP contribution in [0.3, 0.4) is 0 Å². The van der Waals surface area contributed by atoms with Crippen LogP contribution in [0, 0.1) is 0 Å². The summed E-state index contributed by atoms with van der Waals surface area (Å²) in [7, 11) is 1.55. The lowest BCUT2D eigenvalue weighted by atomic mass is 10.3. The number of amides is 1. The van der Waals surface area contributed by atoms with Crippen LogP contribution in [-0.2, 0) is 4.79 Å². The van der Waals surface area contributed by atoms with Crippen molar-refractivity contribution < 1.29 is 9.53 Å². The van der Waals surface area contributed by atoms with Crippen LogP contribution in [0.1, 0.15) is 0 Å². The highest BCUT2D eigenvalue weighted by Gasteiger charge is 2.02. The van der Waals surface area contributed by atoms with E-state index in [4.69, 9.17) is 16.3 Å². The minimum absolute atomic E-state index is 0.0137. The monoisotopic (exact) mass is 199 g/mol. The highest BCUT2D eigenvalue weighted by atomic mass is 35.5. The van der Waals surface area contributed by atoms with E-state index in [0.29, 0.717) is 10.8 Å². The first kappa shape index (κ1) is 9.86. The Morgan fingerprint density at radius 1 is 1.54 bits per heavy atom. The lowest BCUT2D eigenvalue weighted by Gasteiger charge is -2.05. The van der Waals surface area contributed by atoms with Gasteiger partial charge in [-0.3, -0.25) is 4.79 Å². The number of rotatable bonds is 3. The van der Waals surface area contributed by atoms with Gasteiger partial charge < -0.3 is 10.1 Å². The van der Waals surface area contributed by atoms with Crippen molar-refractivity contribution in [2.24, 2.45) is 0 Å². The number of ether oxygens (including phenoxy) is 1. The third-order valence-electron chi connectivity index (χ3n) is 1.47. The van der Waals surface area contributed by atoms with Gasteiger partial charge in [0.2, 0.25) is 0 Å². The first-order valence-electron chi connectivity index (χ1n) is 3.82. The summed E-state index contributed by atoms with van der Waals surface area (Å²) in [5.41, 5.74) is 0. The van der Waals surface area contributed by atoms with Gasteiger partial charge in [0.25, 0.3) is 5.91 Å². The van der Waals surface area contributed by atoms with Gasteiger partial charge in [-0.1, -0.05) is 23.7 Å². The third-order valence-corrected chi connectivity index (χ3v) is 1.79. The van der Waals surface area contributed by atoms with Gasteiger partial charge >= 0.3 is 0 Å². The second-order valence-electron chi connectivity index (χ2n) is 2.39. The molecule has 0 aliphatic carbocycles. The van der Waals surface area contributed by atoms with Crippen molar-refractivity contribution in [1.29, 1.82) is 0 Å². The topological polar surface area (TPSA) is 38.3 Å². The van der Waals surface area contributed by atoms with Crippen molar-refractivity contribution >= 4 is 17.5 Å². The summed E-state index contributed by atoms with van der Waals surface area (Å²) < 4.78 is 5.15. The molecule has 0 radical (unpaired) electrons. The first-order chi connectivity index (χ1) is 6.24. The molecule has 0 saturated carbocycles. The molecule has 1 amide bonds. The number of likely N-dealkylation sites (N-methyl/N-ethyl adjacent to an activating group) is 1. The Morgan fingerprint density at radius 2 is 2.23 bits per heavy atom. The van der Waals surface area contributed by atoms with Crippen LogP contribution in [-0.4, -0.2) is 19.6 Å². The summed E-state index contributed by atoms with van der Waals surface area (Å²) in [6.07, 6.45) is 0. The van der Waals surface area contributed by atoms with Crippen LogP contribution >= 0.6 is 11.6 Å². The normalized spacial score (nSPS) is 9.38. The van der Waals surface area contributed by atoms with Crippen molar-refractivity contribution in [3.8, 4) is 5.75 Å². The smallest absolute Gasteiger partial charge is 0.257 e. The zero-order chi connectivity index (χ0) is 9.68. The molecule has 0 atom stereocenters. The van der Waals surface area contributed by atoms with Crippen molar-refractivity contribution in [1.82, 2.24) is 5.32 Å². The lowest BCUT2D eigenvalue weighted by Crippen LogP contribution is -2.24. The maximum atomic E-state index is 10.8. The van der Waals surface area contributed by atoms with Crippen LogP contribution < -0.4 is 10.1 Å². The summed E-state index contributed by atoms with van der Waals surface area (Å²) in [6, 6.07) is 7.02. The molecule has 0 saturated heterocycles. The van der Waals surface area contributed by atoms with Gasteiger partial charge in [-0.05, 0) is 12.1 Å². The van der Waals surface area contributed by atoms with Crippen LogP contribution in [0.15, 0.2) is 24.3 Å². The van der Waals surface area contributed by atoms with Gasteiger partial charge in [0.15, 0.2) is 6.61 Å². The Labute approximate surface area is 81.7 Å². The SMILES string of the molecule is CNC(=O)COc1ccccc1Cl. The van der Waals surface area contributed by atoms with E-state index in [1.165, 1.54) is 0 Å². The van der Waals surface area contributed by atoms with Crippen LogP contribution in [0.4, 0.5) is 0 Å². The van der Waals surface area contributed by atoms with Gasteiger partial charge in [0.1, 0.15) is 5.75 Å². The molecule has 1 N–H and O–H groups in total.